The van der Waals surface area contributed by atoms with Gasteiger partial charge in [0.2, 0.25) is 0 Å². The average molecular weight is 296 g/mol. The Morgan fingerprint density at radius 1 is 1.10 bits per heavy atom. The van der Waals surface area contributed by atoms with E-state index >= 15 is 0 Å². The fraction of sp³-hybridized carbons (Fsp3) is 1.00. The Bertz CT molecular complexity index is 315. The molecule has 3 heteroatoms. The number of nitrogens with zero attached hydrogens (tertiary/aromatic N) is 2. The van der Waals surface area contributed by atoms with E-state index in [1.807, 2.05) is 0 Å². The normalized spacial score (nSPS) is 34.9. The molecular weight excluding hydrogens is 258 g/mol. The lowest BCUT2D eigenvalue weighted by Crippen LogP contribution is -2.57. The van der Waals surface area contributed by atoms with E-state index < -0.39 is 0 Å². The predicted molar refractivity (Wildman–Crippen MR) is 91.4 cm³/mol. The highest BCUT2D eigenvalue weighted by Crippen LogP contribution is 2.41. The van der Waals surface area contributed by atoms with Gasteiger partial charge in [0.15, 0.2) is 0 Å². The number of nitrogens with two attached hydrogens (primary N) is 1. The van der Waals surface area contributed by atoms with E-state index in [-0.39, 0.29) is 0 Å². The van der Waals surface area contributed by atoms with Gasteiger partial charge in [-0.05, 0) is 56.9 Å². The van der Waals surface area contributed by atoms with Crippen LogP contribution < -0.4 is 5.73 Å². The number of hydrogen-bond acceptors (Lipinski definition) is 3. The Morgan fingerprint density at radius 3 is 2.19 bits per heavy atom. The van der Waals surface area contributed by atoms with Crippen LogP contribution in [0.2, 0.25) is 0 Å². The van der Waals surface area contributed by atoms with Crippen LogP contribution in [0.25, 0.3) is 0 Å². The van der Waals surface area contributed by atoms with Crippen LogP contribution in [0.15, 0.2) is 0 Å². The molecule has 124 valence electrons. The second-order valence-electron chi connectivity index (χ2n) is 8.61. The molecule has 0 amide bonds. The predicted octanol–water partition coefficient (Wildman–Crippen LogP) is 2.80. The van der Waals surface area contributed by atoms with E-state index in [2.05, 4.69) is 44.5 Å². The fourth-order valence-corrected chi connectivity index (χ4v) is 4.39. The van der Waals surface area contributed by atoms with Crippen LogP contribution in [0.3, 0.4) is 0 Å². The summed E-state index contributed by atoms with van der Waals surface area (Å²) in [6.45, 7) is 14.0. The topological polar surface area (TPSA) is 32.5 Å². The molecule has 0 radical (unpaired) electrons. The highest BCUT2D eigenvalue weighted by molar-refractivity contribution is 4.90. The van der Waals surface area contributed by atoms with Crippen LogP contribution in [0.4, 0.5) is 0 Å². The van der Waals surface area contributed by atoms with Crippen molar-refractivity contribution in [2.45, 2.75) is 65.5 Å². The molecule has 2 fully saturated rings. The van der Waals surface area contributed by atoms with Crippen molar-refractivity contribution in [3.63, 3.8) is 0 Å². The van der Waals surface area contributed by atoms with E-state index in [1.165, 1.54) is 45.3 Å². The molecule has 21 heavy (non-hydrogen) atoms. The quantitative estimate of drug-likeness (QED) is 0.869. The Kier molecular flexibility index (Phi) is 5.72. The van der Waals surface area contributed by atoms with Gasteiger partial charge in [-0.1, -0.05) is 20.8 Å². The summed E-state index contributed by atoms with van der Waals surface area (Å²) in [7, 11) is 2.24. The molecular formula is C18H37N3. The van der Waals surface area contributed by atoms with Crippen LogP contribution in [-0.4, -0.2) is 55.1 Å². The van der Waals surface area contributed by atoms with Crippen molar-refractivity contribution >= 4 is 0 Å². The molecule has 2 unspecified atom stereocenters. The maximum absolute atomic E-state index is 6.18. The van der Waals surface area contributed by atoms with Gasteiger partial charge in [0.05, 0.1) is 0 Å². The van der Waals surface area contributed by atoms with Gasteiger partial charge >= 0.3 is 0 Å². The molecule has 2 atom stereocenters. The molecule has 1 heterocycles. The van der Waals surface area contributed by atoms with Crippen LogP contribution in [0.1, 0.15) is 53.4 Å². The van der Waals surface area contributed by atoms with E-state index in [9.17, 15) is 0 Å². The minimum atomic E-state index is 0.478. The Morgan fingerprint density at radius 2 is 1.71 bits per heavy atom. The summed E-state index contributed by atoms with van der Waals surface area (Å²) in [5.74, 6) is 1.72. The van der Waals surface area contributed by atoms with Gasteiger partial charge in [-0.15, -0.1) is 0 Å². The van der Waals surface area contributed by atoms with Crippen molar-refractivity contribution in [2.24, 2.45) is 23.0 Å². The van der Waals surface area contributed by atoms with Gasteiger partial charge in [-0.3, -0.25) is 4.90 Å². The summed E-state index contributed by atoms with van der Waals surface area (Å²) in [5, 5.41) is 0. The first-order valence-corrected chi connectivity index (χ1v) is 8.97. The van der Waals surface area contributed by atoms with E-state index in [0.29, 0.717) is 17.5 Å². The standard InChI is InChI=1S/C18H37N3/c1-14-13-21(11-10-20(14)5)17(12-19)15-6-8-16(9-7-15)18(2,3)4/h14-17H,6-13,19H2,1-5H3. The number of likely N-dealkylation sites (N-methyl/N-ethyl adjacent to an activating group) is 1. The minimum Gasteiger partial charge on any atom is -0.329 e. The maximum Gasteiger partial charge on any atom is 0.0247 e. The van der Waals surface area contributed by atoms with E-state index in [4.69, 9.17) is 5.73 Å². The van der Waals surface area contributed by atoms with Gasteiger partial charge in [0, 0.05) is 38.3 Å². The van der Waals surface area contributed by atoms with Crippen molar-refractivity contribution < 1.29 is 0 Å². The van der Waals surface area contributed by atoms with Crippen LogP contribution in [-0.2, 0) is 0 Å². The molecule has 2 aliphatic rings. The van der Waals surface area contributed by atoms with Crippen LogP contribution in [0, 0.1) is 17.3 Å². The average Bonchev–Trinajstić information content (AvgIpc) is 2.43. The molecule has 1 saturated carbocycles. The summed E-state index contributed by atoms with van der Waals surface area (Å²) < 4.78 is 0. The highest BCUT2D eigenvalue weighted by atomic mass is 15.3. The number of rotatable bonds is 3. The van der Waals surface area contributed by atoms with E-state index in [0.717, 1.165) is 18.4 Å². The SMILES string of the molecule is CC1CN(C(CN)C2CCC(C(C)(C)C)CC2)CCN1C. The molecule has 1 aliphatic heterocycles. The second-order valence-corrected chi connectivity index (χ2v) is 8.61. The zero-order chi connectivity index (χ0) is 15.6. The minimum absolute atomic E-state index is 0.478. The first kappa shape index (κ1) is 17.2. The number of piperazine rings is 1. The van der Waals surface area contributed by atoms with Gasteiger partial charge in [0.25, 0.3) is 0 Å². The molecule has 0 aromatic carbocycles. The molecule has 1 aliphatic carbocycles. The summed E-state index contributed by atoms with van der Waals surface area (Å²) in [6.07, 6.45) is 5.55. The van der Waals surface area contributed by atoms with Crippen molar-refractivity contribution in [3.05, 3.63) is 0 Å². The summed E-state index contributed by atoms with van der Waals surface area (Å²) >= 11 is 0. The van der Waals surface area contributed by atoms with Gasteiger partial charge in [0.1, 0.15) is 0 Å². The lowest BCUT2D eigenvalue weighted by molar-refractivity contribution is 0.0313. The van der Waals surface area contributed by atoms with Crippen molar-refractivity contribution in [1.29, 1.82) is 0 Å². The smallest absolute Gasteiger partial charge is 0.0247 e. The third-order valence-electron chi connectivity index (χ3n) is 6.24. The second kappa shape index (κ2) is 6.97. The third kappa shape index (κ3) is 4.20. The molecule has 1 saturated heterocycles. The summed E-state index contributed by atoms with van der Waals surface area (Å²) in [5.41, 5.74) is 6.66. The van der Waals surface area contributed by atoms with Gasteiger partial charge in [-0.2, -0.15) is 0 Å². The van der Waals surface area contributed by atoms with Gasteiger partial charge < -0.3 is 10.6 Å². The van der Waals surface area contributed by atoms with Crippen LogP contribution >= 0.6 is 0 Å². The molecule has 0 bridgehead atoms. The molecule has 2 rings (SSSR count). The zero-order valence-corrected chi connectivity index (χ0v) is 14.9. The molecule has 0 aromatic heterocycles. The lowest BCUT2D eigenvalue weighted by Gasteiger charge is -2.46. The van der Waals surface area contributed by atoms with Crippen molar-refractivity contribution in [2.75, 3.05) is 33.2 Å². The first-order chi connectivity index (χ1) is 9.82. The number of hydrogen-bond donors (Lipinski definition) is 1. The zero-order valence-electron chi connectivity index (χ0n) is 14.9. The molecule has 3 nitrogen and oxygen atoms in total. The monoisotopic (exact) mass is 295 g/mol. The molecule has 0 aromatic rings. The lowest BCUT2D eigenvalue weighted by atomic mass is 9.68. The highest BCUT2D eigenvalue weighted by Gasteiger charge is 2.35. The maximum atomic E-state index is 6.18. The van der Waals surface area contributed by atoms with Crippen LogP contribution in [0.5, 0.6) is 0 Å². The molecule has 2 N–H and O–H groups in total. The Hall–Kier alpha value is -0.120. The fourth-order valence-electron chi connectivity index (χ4n) is 4.39. The van der Waals surface area contributed by atoms with Crippen molar-refractivity contribution in [3.8, 4) is 0 Å². The largest absolute Gasteiger partial charge is 0.329 e. The summed E-state index contributed by atoms with van der Waals surface area (Å²) in [4.78, 5) is 5.16. The Balaban J connectivity index is 1.91. The Labute approximate surface area is 132 Å². The van der Waals surface area contributed by atoms with Crippen molar-refractivity contribution in [1.82, 2.24) is 9.80 Å². The van der Waals surface area contributed by atoms with E-state index in [1.54, 1.807) is 0 Å². The third-order valence-corrected chi connectivity index (χ3v) is 6.24. The molecule has 0 spiro atoms. The van der Waals surface area contributed by atoms with Gasteiger partial charge in [-0.25, -0.2) is 0 Å². The first-order valence-electron chi connectivity index (χ1n) is 8.97. The summed E-state index contributed by atoms with van der Waals surface area (Å²) in [6, 6.07) is 1.28.